The van der Waals surface area contributed by atoms with Gasteiger partial charge in [-0.3, -0.25) is 0 Å². The molecule has 0 aromatic heterocycles. The number of hydrogen-bond donors (Lipinski definition) is 1. The van der Waals surface area contributed by atoms with Gasteiger partial charge in [0.25, 0.3) is 0 Å². The number of methoxy groups -OCH3 is 2. The highest BCUT2D eigenvalue weighted by Gasteiger charge is 2.12. The summed E-state index contributed by atoms with van der Waals surface area (Å²) in [4.78, 5) is 0. The van der Waals surface area contributed by atoms with Crippen LogP contribution in [0.1, 0.15) is 19.4 Å². The molecule has 19 heavy (non-hydrogen) atoms. The molecule has 0 spiro atoms. The Hall–Kier alpha value is -0.780. The Kier molecular flexibility index (Phi) is 7.20. The van der Waals surface area contributed by atoms with E-state index in [-0.39, 0.29) is 6.10 Å². The van der Waals surface area contributed by atoms with Crippen molar-refractivity contribution in [1.29, 1.82) is 0 Å². The van der Waals surface area contributed by atoms with Crippen LogP contribution in [0.3, 0.4) is 0 Å². The first-order valence-electron chi connectivity index (χ1n) is 6.31. The van der Waals surface area contributed by atoms with Crippen LogP contribution in [0.15, 0.2) is 16.6 Å². The standard InChI is InChI=1S/C14H22BrNO3/c1-10(2)19-14-12(15)7-11(8-13(14)18-4)9-16-5-6-17-3/h7-8,10,16H,5-6,9H2,1-4H3. The van der Waals surface area contributed by atoms with Gasteiger partial charge in [0, 0.05) is 20.2 Å². The summed E-state index contributed by atoms with van der Waals surface area (Å²) in [6.45, 7) is 6.27. The van der Waals surface area contributed by atoms with Gasteiger partial charge < -0.3 is 19.5 Å². The molecule has 4 nitrogen and oxygen atoms in total. The summed E-state index contributed by atoms with van der Waals surface area (Å²) in [5.74, 6) is 1.49. The number of ether oxygens (including phenoxy) is 3. The van der Waals surface area contributed by atoms with Gasteiger partial charge in [-0.05, 0) is 47.5 Å². The van der Waals surface area contributed by atoms with Crippen LogP contribution in [0.25, 0.3) is 0 Å². The zero-order chi connectivity index (χ0) is 14.3. The predicted molar refractivity (Wildman–Crippen MR) is 80.0 cm³/mol. The van der Waals surface area contributed by atoms with Crippen LogP contribution in [0, 0.1) is 0 Å². The first kappa shape index (κ1) is 16.3. The first-order chi connectivity index (χ1) is 9.08. The SMILES string of the molecule is COCCNCc1cc(Br)c(OC(C)C)c(OC)c1. The Bertz CT molecular complexity index is 397. The average Bonchev–Trinajstić information content (AvgIpc) is 2.37. The van der Waals surface area contributed by atoms with Gasteiger partial charge >= 0.3 is 0 Å². The highest BCUT2D eigenvalue weighted by molar-refractivity contribution is 9.10. The maximum atomic E-state index is 5.75. The second-order valence-electron chi connectivity index (χ2n) is 4.45. The monoisotopic (exact) mass is 331 g/mol. The lowest BCUT2D eigenvalue weighted by Crippen LogP contribution is -2.18. The molecule has 0 radical (unpaired) electrons. The second-order valence-corrected chi connectivity index (χ2v) is 5.30. The molecular formula is C14H22BrNO3. The largest absolute Gasteiger partial charge is 0.493 e. The molecule has 0 saturated carbocycles. The van der Waals surface area contributed by atoms with Gasteiger partial charge in [-0.25, -0.2) is 0 Å². The lowest BCUT2D eigenvalue weighted by Gasteiger charge is -2.16. The third-order valence-electron chi connectivity index (χ3n) is 2.45. The molecule has 5 heteroatoms. The van der Waals surface area contributed by atoms with Crippen LogP contribution in [-0.2, 0) is 11.3 Å². The number of rotatable bonds is 8. The summed E-state index contributed by atoms with van der Waals surface area (Å²) in [6.07, 6.45) is 0.107. The molecule has 0 aliphatic carbocycles. The van der Waals surface area contributed by atoms with Gasteiger partial charge in [0.1, 0.15) is 0 Å². The Morgan fingerprint density at radius 1 is 1.26 bits per heavy atom. The van der Waals surface area contributed by atoms with E-state index in [1.165, 1.54) is 0 Å². The Labute approximate surface area is 123 Å². The van der Waals surface area contributed by atoms with Crippen molar-refractivity contribution in [3.05, 3.63) is 22.2 Å². The van der Waals surface area contributed by atoms with E-state index < -0.39 is 0 Å². The fourth-order valence-corrected chi connectivity index (χ4v) is 2.22. The van der Waals surface area contributed by atoms with E-state index in [2.05, 4.69) is 21.2 Å². The molecule has 0 atom stereocenters. The summed E-state index contributed by atoms with van der Waals surface area (Å²) < 4.78 is 17.0. The minimum atomic E-state index is 0.107. The highest BCUT2D eigenvalue weighted by atomic mass is 79.9. The van der Waals surface area contributed by atoms with Gasteiger partial charge in [-0.15, -0.1) is 0 Å². The normalized spacial score (nSPS) is 10.8. The molecule has 0 unspecified atom stereocenters. The summed E-state index contributed by atoms with van der Waals surface area (Å²) in [6, 6.07) is 4.03. The molecule has 0 bridgehead atoms. The van der Waals surface area contributed by atoms with Crippen molar-refractivity contribution < 1.29 is 14.2 Å². The Balaban J connectivity index is 2.77. The molecule has 1 rings (SSSR count). The lowest BCUT2D eigenvalue weighted by molar-refractivity contribution is 0.199. The smallest absolute Gasteiger partial charge is 0.175 e. The number of nitrogens with one attached hydrogen (secondary N) is 1. The molecular weight excluding hydrogens is 310 g/mol. The van der Waals surface area contributed by atoms with E-state index in [9.17, 15) is 0 Å². The number of benzene rings is 1. The molecule has 0 fully saturated rings. The molecule has 0 aliphatic rings. The Morgan fingerprint density at radius 2 is 2.00 bits per heavy atom. The van der Waals surface area contributed by atoms with Crippen LogP contribution in [0.2, 0.25) is 0 Å². The third-order valence-corrected chi connectivity index (χ3v) is 3.04. The van der Waals surface area contributed by atoms with Crippen LogP contribution >= 0.6 is 15.9 Å². The van der Waals surface area contributed by atoms with Gasteiger partial charge in [0.15, 0.2) is 11.5 Å². The molecule has 1 aromatic rings. The van der Waals surface area contributed by atoms with Crippen LogP contribution < -0.4 is 14.8 Å². The topological polar surface area (TPSA) is 39.7 Å². The maximum Gasteiger partial charge on any atom is 0.175 e. The van der Waals surface area contributed by atoms with Crippen molar-refractivity contribution >= 4 is 15.9 Å². The Morgan fingerprint density at radius 3 is 2.58 bits per heavy atom. The van der Waals surface area contributed by atoms with Gasteiger partial charge in [-0.1, -0.05) is 0 Å². The molecule has 108 valence electrons. The third kappa shape index (κ3) is 5.38. The van der Waals surface area contributed by atoms with E-state index in [1.54, 1.807) is 14.2 Å². The summed E-state index contributed by atoms with van der Waals surface area (Å²) in [5, 5.41) is 3.30. The quantitative estimate of drug-likeness (QED) is 0.743. The highest BCUT2D eigenvalue weighted by Crippen LogP contribution is 2.37. The van der Waals surface area contributed by atoms with E-state index in [0.29, 0.717) is 6.61 Å². The molecule has 0 aliphatic heterocycles. The number of halogens is 1. The van der Waals surface area contributed by atoms with E-state index in [1.807, 2.05) is 26.0 Å². The molecule has 0 amide bonds. The van der Waals surface area contributed by atoms with Gasteiger partial charge in [0.2, 0.25) is 0 Å². The van der Waals surface area contributed by atoms with Crippen molar-refractivity contribution in [1.82, 2.24) is 5.32 Å². The van der Waals surface area contributed by atoms with E-state index in [4.69, 9.17) is 14.2 Å². The fraction of sp³-hybridized carbons (Fsp3) is 0.571. The molecule has 1 N–H and O–H groups in total. The fourth-order valence-electron chi connectivity index (χ4n) is 1.63. The summed E-state index contributed by atoms with van der Waals surface area (Å²) >= 11 is 3.53. The lowest BCUT2D eigenvalue weighted by atomic mass is 10.2. The zero-order valence-corrected chi connectivity index (χ0v) is 13.5. The van der Waals surface area contributed by atoms with Crippen molar-refractivity contribution in [2.24, 2.45) is 0 Å². The van der Waals surface area contributed by atoms with Gasteiger partial charge in [-0.2, -0.15) is 0 Å². The van der Waals surface area contributed by atoms with Crippen LogP contribution in [0.4, 0.5) is 0 Å². The maximum absolute atomic E-state index is 5.75. The molecule has 1 aromatic carbocycles. The van der Waals surface area contributed by atoms with Crippen molar-refractivity contribution in [2.45, 2.75) is 26.5 Å². The molecule has 0 saturated heterocycles. The van der Waals surface area contributed by atoms with E-state index in [0.717, 1.165) is 34.6 Å². The zero-order valence-electron chi connectivity index (χ0n) is 12.0. The van der Waals surface area contributed by atoms with Crippen molar-refractivity contribution in [3.63, 3.8) is 0 Å². The minimum absolute atomic E-state index is 0.107. The van der Waals surface area contributed by atoms with Gasteiger partial charge in [0.05, 0.1) is 24.3 Å². The van der Waals surface area contributed by atoms with Crippen molar-refractivity contribution in [2.75, 3.05) is 27.4 Å². The predicted octanol–water partition coefficient (Wildman–Crippen LogP) is 2.98. The second kappa shape index (κ2) is 8.40. The summed E-state index contributed by atoms with van der Waals surface area (Å²) in [5.41, 5.74) is 1.14. The average molecular weight is 332 g/mol. The molecule has 0 heterocycles. The van der Waals surface area contributed by atoms with E-state index >= 15 is 0 Å². The van der Waals surface area contributed by atoms with Crippen LogP contribution in [-0.4, -0.2) is 33.5 Å². The summed E-state index contributed by atoms with van der Waals surface area (Å²) in [7, 11) is 3.34. The minimum Gasteiger partial charge on any atom is -0.493 e. The van der Waals surface area contributed by atoms with Crippen molar-refractivity contribution in [3.8, 4) is 11.5 Å². The first-order valence-corrected chi connectivity index (χ1v) is 7.10. The van der Waals surface area contributed by atoms with Crippen LogP contribution in [0.5, 0.6) is 11.5 Å². The number of hydrogen-bond acceptors (Lipinski definition) is 4.